The number of anilines is 2. The summed E-state index contributed by atoms with van der Waals surface area (Å²) in [6.07, 6.45) is 0. The van der Waals surface area contributed by atoms with Crippen molar-refractivity contribution in [1.29, 1.82) is 0 Å². The van der Waals surface area contributed by atoms with Gasteiger partial charge in [0, 0.05) is 11.4 Å². The van der Waals surface area contributed by atoms with Crippen molar-refractivity contribution >= 4 is 31.4 Å². The summed E-state index contributed by atoms with van der Waals surface area (Å²) in [7, 11) is -7.81. The average molecular weight is 425 g/mol. The number of benzene rings is 2. The van der Waals surface area contributed by atoms with Crippen molar-refractivity contribution in [3.8, 4) is 0 Å². The zero-order valence-corrected chi connectivity index (χ0v) is 16.4. The van der Waals surface area contributed by atoms with Gasteiger partial charge in [-0.15, -0.1) is 0 Å². The van der Waals surface area contributed by atoms with Crippen LogP contribution in [0.15, 0.2) is 62.8 Å². The lowest BCUT2D eigenvalue weighted by Gasteiger charge is -2.10. The van der Waals surface area contributed by atoms with Crippen molar-refractivity contribution in [2.24, 2.45) is 0 Å². The minimum Gasteiger partial charge on any atom is -0.360 e. The molecule has 3 aromatic rings. The van der Waals surface area contributed by atoms with Gasteiger partial charge in [0.05, 0.1) is 4.90 Å². The van der Waals surface area contributed by atoms with E-state index >= 15 is 0 Å². The number of halogens is 1. The highest BCUT2D eigenvalue weighted by molar-refractivity contribution is 7.93. The van der Waals surface area contributed by atoms with Crippen LogP contribution in [0.25, 0.3) is 0 Å². The van der Waals surface area contributed by atoms with E-state index < -0.39 is 25.9 Å². The summed E-state index contributed by atoms with van der Waals surface area (Å²) in [5.74, 6) is -0.387. The smallest absolute Gasteiger partial charge is 0.267 e. The van der Waals surface area contributed by atoms with Gasteiger partial charge in [0.25, 0.3) is 20.0 Å². The molecule has 1 aromatic heterocycles. The molecule has 0 fully saturated rings. The van der Waals surface area contributed by atoms with E-state index in [1.165, 1.54) is 38.1 Å². The van der Waals surface area contributed by atoms with Gasteiger partial charge >= 0.3 is 0 Å². The van der Waals surface area contributed by atoms with Crippen molar-refractivity contribution in [2.75, 3.05) is 9.44 Å². The monoisotopic (exact) mass is 425 g/mol. The van der Waals surface area contributed by atoms with Crippen LogP contribution in [0.1, 0.15) is 11.5 Å². The highest BCUT2D eigenvalue weighted by Crippen LogP contribution is 2.24. The molecule has 11 heteroatoms. The Balaban J connectivity index is 1.78. The van der Waals surface area contributed by atoms with E-state index in [4.69, 9.17) is 4.52 Å². The zero-order chi connectivity index (χ0) is 20.5. The van der Waals surface area contributed by atoms with Crippen LogP contribution in [0.2, 0.25) is 0 Å². The molecule has 0 atom stereocenters. The van der Waals surface area contributed by atoms with Crippen molar-refractivity contribution < 1.29 is 25.7 Å². The largest absolute Gasteiger partial charge is 0.360 e. The van der Waals surface area contributed by atoms with Gasteiger partial charge in [0.15, 0.2) is 10.7 Å². The van der Waals surface area contributed by atoms with Gasteiger partial charge < -0.3 is 4.52 Å². The number of aromatic nitrogens is 1. The summed E-state index contributed by atoms with van der Waals surface area (Å²) in [6.45, 7) is 3.00. The van der Waals surface area contributed by atoms with Gasteiger partial charge in [0.2, 0.25) is 0 Å². The third-order valence-corrected chi connectivity index (χ3v) is 6.77. The van der Waals surface area contributed by atoms with Gasteiger partial charge in [-0.05, 0) is 62.4 Å². The number of rotatable bonds is 6. The fourth-order valence-corrected chi connectivity index (χ4v) is 4.95. The summed E-state index contributed by atoms with van der Waals surface area (Å²) < 4.78 is 72.1. The molecule has 28 heavy (non-hydrogen) atoms. The lowest BCUT2D eigenvalue weighted by Crippen LogP contribution is -2.15. The van der Waals surface area contributed by atoms with Crippen LogP contribution in [0.3, 0.4) is 0 Å². The van der Waals surface area contributed by atoms with Gasteiger partial charge in [0.1, 0.15) is 11.5 Å². The second-order valence-electron chi connectivity index (χ2n) is 5.90. The Morgan fingerprint density at radius 3 is 1.79 bits per heavy atom. The average Bonchev–Trinajstić information content (AvgIpc) is 2.96. The molecule has 0 saturated heterocycles. The van der Waals surface area contributed by atoms with E-state index in [-0.39, 0.29) is 32.6 Å². The Morgan fingerprint density at radius 2 is 1.32 bits per heavy atom. The van der Waals surface area contributed by atoms with Crippen LogP contribution in [-0.4, -0.2) is 22.0 Å². The first-order valence-electron chi connectivity index (χ1n) is 7.93. The first-order valence-corrected chi connectivity index (χ1v) is 10.9. The number of sulfonamides is 2. The SMILES string of the molecule is Cc1noc(C)c1S(=O)(=O)Nc1ccc(NS(=O)(=O)c2ccc(F)cc2)cc1. The third kappa shape index (κ3) is 4.15. The lowest BCUT2D eigenvalue weighted by atomic mass is 10.3. The quantitative estimate of drug-likeness (QED) is 0.627. The minimum absolute atomic E-state index is 0.0476. The first-order chi connectivity index (χ1) is 13.1. The highest BCUT2D eigenvalue weighted by Gasteiger charge is 2.24. The number of nitrogens with one attached hydrogen (secondary N) is 2. The van der Waals surface area contributed by atoms with E-state index in [0.29, 0.717) is 0 Å². The van der Waals surface area contributed by atoms with E-state index in [9.17, 15) is 21.2 Å². The molecule has 0 bridgehead atoms. The molecule has 0 unspecified atom stereocenters. The second-order valence-corrected chi connectivity index (χ2v) is 9.20. The number of hydrogen-bond donors (Lipinski definition) is 2. The first kappa shape index (κ1) is 19.8. The lowest BCUT2D eigenvalue weighted by molar-refractivity contribution is 0.390. The molecule has 0 saturated carbocycles. The molecule has 2 aromatic carbocycles. The molecule has 0 aliphatic rings. The Labute approximate surface area is 161 Å². The predicted octanol–water partition coefficient (Wildman–Crippen LogP) is 3.03. The maximum atomic E-state index is 13.0. The topological polar surface area (TPSA) is 118 Å². The van der Waals surface area contributed by atoms with Crippen LogP contribution in [-0.2, 0) is 20.0 Å². The number of hydrogen-bond acceptors (Lipinski definition) is 6. The predicted molar refractivity (Wildman–Crippen MR) is 100 cm³/mol. The zero-order valence-electron chi connectivity index (χ0n) is 14.8. The maximum absolute atomic E-state index is 13.0. The highest BCUT2D eigenvalue weighted by atomic mass is 32.2. The summed E-state index contributed by atoms with van der Waals surface area (Å²) in [5.41, 5.74) is 0.669. The second kappa shape index (κ2) is 7.24. The summed E-state index contributed by atoms with van der Waals surface area (Å²) in [4.78, 5) is -0.148. The van der Waals surface area contributed by atoms with Gasteiger partial charge in [-0.2, -0.15) is 0 Å². The molecule has 0 aliphatic carbocycles. The molecule has 3 rings (SSSR count). The Bertz CT molecular complexity index is 1180. The molecule has 1 heterocycles. The Hall–Kier alpha value is -2.92. The molecular formula is C17H16FN3O5S2. The van der Waals surface area contributed by atoms with E-state index in [1.54, 1.807) is 0 Å². The summed E-state index contributed by atoms with van der Waals surface area (Å²) in [6, 6.07) is 9.96. The molecular weight excluding hydrogens is 409 g/mol. The molecule has 0 spiro atoms. The van der Waals surface area contributed by atoms with Gasteiger partial charge in [-0.3, -0.25) is 9.44 Å². The van der Waals surface area contributed by atoms with Crippen molar-refractivity contribution in [3.05, 3.63) is 65.8 Å². The Morgan fingerprint density at radius 1 is 0.821 bits per heavy atom. The van der Waals surface area contributed by atoms with E-state index in [2.05, 4.69) is 14.6 Å². The minimum atomic E-state index is -3.91. The molecule has 0 radical (unpaired) electrons. The van der Waals surface area contributed by atoms with Crippen LogP contribution >= 0.6 is 0 Å². The Kier molecular flexibility index (Phi) is 5.13. The summed E-state index contributed by atoms with van der Waals surface area (Å²) >= 11 is 0. The van der Waals surface area contributed by atoms with Crippen molar-refractivity contribution in [3.63, 3.8) is 0 Å². The third-order valence-electron chi connectivity index (χ3n) is 3.75. The molecule has 8 nitrogen and oxygen atoms in total. The van der Waals surface area contributed by atoms with Crippen molar-refractivity contribution in [2.45, 2.75) is 23.6 Å². The maximum Gasteiger partial charge on any atom is 0.267 e. The van der Waals surface area contributed by atoms with E-state index in [1.807, 2.05) is 0 Å². The van der Waals surface area contributed by atoms with Crippen LogP contribution in [0.4, 0.5) is 15.8 Å². The van der Waals surface area contributed by atoms with Crippen LogP contribution < -0.4 is 9.44 Å². The van der Waals surface area contributed by atoms with Gasteiger partial charge in [-0.1, -0.05) is 5.16 Å². The standard InChI is InChI=1S/C17H16FN3O5S2/c1-11-17(12(2)26-19-11)28(24,25)21-15-7-5-14(6-8-15)20-27(22,23)16-9-3-13(18)4-10-16/h3-10,20-21H,1-2H3. The number of aryl methyl sites for hydroxylation is 2. The normalized spacial score (nSPS) is 12.0. The van der Waals surface area contributed by atoms with Crippen LogP contribution in [0.5, 0.6) is 0 Å². The fraction of sp³-hybridized carbons (Fsp3) is 0.118. The molecule has 2 N–H and O–H groups in total. The van der Waals surface area contributed by atoms with E-state index in [0.717, 1.165) is 24.3 Å². The molecule has 0 amide bonds. The van der Waals surface area contributed by atoms with Crippen molar-refractivity contribution in [1.82, 2.24) is 5.16 Å². The fourth-order valence-electron chi connectivity index (χ4n) is 2.50. The molecule has 0 aliphatic heterocycles. The molecule has 148 valence electrons. The van der Waals surface area contributed by atoms with Crippen LogP contribution in [0, 0.1) is 19.7 Å². The van der Waals surface area contributed by atoms with Gasteiger partial charge in [-0.25, -0.2) is 21.2 Å². The summed E-state index contributed by atoms with van der Waals surface area (Å²) in [5, 5.41) is 3.62. The number of nitrogens with zero attached hydrogens (tertiary/aromatic N) is 1.